The number of thioether (sulfide) groups is 1. The van der Waals surface area contributed by atoms with E-state index in [0.717, 1.165) is 22.2 Å². The van der Waals surface area contributed by atoms with Gasteiger partial charge in [0.2, 0.25) is 5.95 Å². The molecule has 0 bridgehead atoms. The Kier molecular flexibility index (Phi) is 3.64. The van der Waals surface area contributed by atoms with Gasteiger partial charge in [-0.15, -0.1) is 11.8 Å². The van der Waals surface area contributed by atoms with Crippen LogP contribution in [0.15, 0.2) is 54.8 Å². The summed E-state index contributed by atoms with van der Waals surface area (Å²) in [6.07, 6.45) is 12.8. The van der Waals surface area contributed by atoms with E-state index in [1.165, 1.54) is 4.91 Å². The van der Waals surface area contributed by atoms with Gasteiger partial charge in [-0.1, -0.05) is 30.4 Å². The molecule has 2 unspecified atom stereocenters. The lowest BCUT2D eigenvalue weighted by atomic mass is 9.99. The van der Waals surface area contributed by atoms with E-state index in [2.05, 4.69) is 61.9 Å². The Morgan fingerprint density at radius 2 is 1.96 bits per heavy atom. The maximum absolute atomic E-state index is 5.77. The van der Waals surface area contributed by atoms with Gasteiger partial charge < -0.3 is 16.8 Å². The lowest BCUT2D eigenvalue weighted by Gasteiger charge is -2.13. The summed E-state index contributed by atoms with van der Waals surface area (Å²) in [5.74, 6) is 1.44. The van der Waals surface area contributed by atoms with E-state index in [4.69, 9.17) is 11.5 Å². The fraction of sp³-hybridized carbons (Fsp3) is 0.105. The molecule has 5 rings (SSSR count). The fourth-order valence-corrected chi connectivity index (χ4v) is 4.72. The van der Waals surface area contributed by atoms with Gasteiger partial charge in [0.05, 0.1) is 11.7 Å². The molecule has 0 saturated carbocycles. The Bertz CT molecular complexity index is 1110. The molecule has 0 fully saturated rings. The number of anilines is 4. The Hall–Kier alpha value is -3.26. The van der Waals surface area contributed by atoms with Crippen LogP contribution in [0, 0.1) is 5.92 Å². The number of nitrogens with two attached hydrogens (primary N) is 2. The van der Waals surface area contributed by atoms with Crippen LogP contribution >= 0.6 is 11.8 Å². The van der Waals surface area contributed by atoms with E-state index in [-0.39, 0.29) is 5.95 Å². The number of nitrogens with zero attached hydrogens (tertiary/aromatic N) is 3. The number of rotatable bonds is 3. The van der Waals surface area contributed by atoms with Gasteiger partial charge in [-0.25, -0.2) is 0 Å². The third kappa shape index (κ3) is 2.93. The summed E-state index contributed by atoms with van der Waals surface area (Å²) >= 11 is 1.87. The Labute approximate surface area is 159 Å². The maximum Gasteiger partial charge on any atom is 0.223 e. The number of nitrogen functional groups attached to an aromatic ring is 2. The number of fused-ring (bicyclic) bond motifs is 2. The first-order valence-electron chi connectivity index (χ1n) is 8.54. The van der Waals surface area contributed by atoms with Crippen molar-refractivity contribution in [2.24, 2.45) is 5.92 Å². The zero-order chi connectivity index (χ0) is 18.4. The molecule has 3 aromatic rings. The van der Waals surface area contributed by atoms with Gasteiger partial charge in [0, 0.05) is 38.8 Å². The average molecular weight is 375 g/mol. The van der Waals surface area contributed by atoms with Crippen molar-refractivity contribution in [3.8, 4) is 0 Å². The van der Waals surface area contributed by atoms with Gasteiger partial charge in [0.1, 0.15) is 11.6 Å². The van der Waals surface area contributed by atoms with Crippen LogP contribution in [0.1, 0.15) is 5.56 Å². The van der Waals surface area contributed by atoms with Crippen LogP contribution in [0.4, 0.5) is 23.3 Å². The van der Waals surface area contributed by atoms with Crippen molar-refractivity contribution in [2.75, 3.05) is 16.8 Å². The van der Waals surface area contributed by atoms with E-state index in [1.54, 1.807) is 6.07 Å². The summed E-state index contributed by atoms with van der Waals surface area (Å²) in [6.45, 7) is 0. The fourth-order valence-electron chi connectivity index (χ4n) is 3.41. The highest BCUT2D eigenvalue weighted by Gasteiger charge is 2.27. The molecular weight excluding hydrogens is 358 g/mol. The molecule has 0 amide bonds. The van der Waals surface area contributed by atoms with Crippen LogP contribution in [0.5, 0.6) is 0 Å². The van der Waals surface area contributed by atoms with Crippen LogP contribution in [0.2, 0.25) is 0 Å². The first kappa shape index (κ1) is 16.0. The molecule has 8 heteroatoms. The number of allylic oxidation sites excluding steroid dienone is 4. The second-order valence-corrected chi connectivity index (χ2v) is 7.70. The lowest BCUT2D eigenvalue weighted by Crippen LogP contribution is -2.07. The van der Waals surface area contributed by atoms with E-state index in [9.17, 15) is 0 Å². The molecule has 0 spiro atoms. The predicted octanol–water partition coefficient (Wildman–Crippen LogP) is 3.46. The molecule has 2 aliphatic rings. The largest absolute Gasteiger partial charge is 0.383 e. The number of nitrogens with one attached hydrogen (secondary N) is 2. The van der Waals surface area contributed by atoms with Crippen molar-refractivity contribution in [3.05, 3.63) is 60.3 Å². The number of hydrogen-bond acceptors (Lipinski definition) is 7. The lowest BCUT2D eigenvalue weighted by molar-refractivity contribution is 0.857. The second-order valence-electron chi connectivity index (χ2n) is 6.48. The van der Waals surface area contributed by atoms with Crippen molar-refractivity contribution < 1.29 is 0 Å². The molecule has 7 nitrogen and oxygen atoms in total. The number of H-pyrrole nitrogens is 1. The first-order valence-corrected chi connectivity index (χ1v) is 9.42. The summed E-state index contributed by atoms with van der Waals surface area (Å²) in [6, 6.07) is 5.77. The van der Waals surface area contributed by atoms with Gasteiger partial charge in [0.25, 0.3) is 0 Å². The Balaban J connectivity index is 1.56. The normalized spacial score (nSPS) is 20.7. The molecule has 2 atom stereocenters. The third-order valence-corrected chi connectivity index (χ3v) is 5.93. The quantitative estimate of drug-likeness (QED) is 0.553. The Morgan fingerprint density at radius 3 is 2.81 bits per heavy atom. The molecule has 1 aromatic carbocycles. The van der Waals surface area contributed by atoms with Crippen LogP contribution in [0.25, 0.3) is 15.8 Å². The van der Waals surface area contributed by atoms with Crippen LogP contribution < -0.4 is 16.8 Å². The van der Waals surface area contributed by atoms with Gasteiger partial charge in [-0.3, -0.25) is 5.10 Å². The highest BCUT2D eigenvalue weighted by Crippen LogP contribution is 2.46. The minimum absolute atomic E-state index is 0.138. The zero-order valence-electron chi connectivity index (χ0n) is 14.3. The van der Waals surface area contributed by atoms with E-state index in [0.29, 0.717) is 22.8 Å². The predicted molar refractivity (Wildman–Crippen MR) is 111 cm³/mol. The maximum atomic E-state index is 5.77. The van der Waals surface area contributed by atoms with Gasteiger partial charge >= 0.3 is 0 Å². The van der Waals surface area contributed by atoms with Crippen molar-refractivity contribution in [3.63, 3.8) is 0 Å². The molecule has 27 heavy (non-hydrogen) atoms. The van der Waals surface area contributed by atoms with E-state index < -0.39 is 0 Å². The topological polar surface area (TPSA) is 119 Å². The molecule has 1 aliphatic carbocycles. The molecule has 134 valence electrons. The standard InChI is InChI=1S/C19H17N7S/c20-16-8-17(25-19(21)24-16)23-12-5-11-9-22-26-18(11)13(7-12)15-6-10-3-1-2-4-14(10)27-15/h1-10,14H,(H,22,26)(H5,20,21,23,24,25). The number of hydrogen-bond donors (Lipinski definition) is 4. The highest BCUT2D eigenvalue weighted by molar-refractivity contribution is 8.09. The highest BCUT2D eigenvalue weighted by atomic mass is 32.2. The molecule has 0 radical (unpaired) electrons. The summed E-state index contributed by atoms with van der Waals surface area (Å²) in [5, 5.41) is 12.1. The first-order chi connectivity index (χ1) is 13.2. The summed E-state index contributed by atoms with van der Waals surface area (Å²) in [4.78, 5) is 9.34. The second kappa shape index (κ2) is 6.17. The SMILES string of the molecule is Nc1cc(Nc2cc(C3=CC4C=CC=CC4S3)c3[nH]ncc3c2)nc(N)n1. The number of aromatic nitrogens is 4. The smallest absolute Gasteiger partial charge is 0.223 e. The minimum Gasteiger partial charge on any atom is -0.383 e. The van der Waals surface area contributed by atoms with E-state index in [1.807, 2.05) is 24.0 Å². The summed E-state index contributed by atoms with van der Waals surface area (Å²) in [7, 11) is 0. The van der Waals surface area contributed by atoms with E-state index >= 15 is 0 Å². The molecule has 3 heterocycles. The number of aromatic amines is 1. The molecular formula is C19H17N7S. The van der Waals surface area contributed by atoms with Crippen molar-refractivity contribution >= 4 is 50.8 Å². The molecule has 6 N–H and O–H groups in total. The zero-order valence-corrected chi connectivity index (χ0v) is 15.1. The van der Waals surface area contributed by atoms with Crippen molar-refractivity contribution in [1.82, 2.24) is 20.2 Å². The van der Waals surface area contributed by atoms with Crippen LogP contribution in [-0.4, -0.2) is 25.4 Å². The summed E-state index contributed by atoms with van der Waals surface area (Å²) < 4.78 is 0. The third-order valence-electron chi connectivity index (χ3n) is 4.58. The average Bonchev–Trinajstić information content (AvgIpc) is 3.26. The van der Waals surface area contributed by atoms with Crippen LogP contribution in [-0.2, 0) is 0 Å². The number of benzene rings is 1. The van der Waals surface area contributed by atoms with Gasteiger partial charge in [-0.05, 0) is 12.1 Å². The monoisotopic (exact) mass is 375 g/mol. The van der Waals surface area contributed by atoms with Gasteiger partial charge in [-0.2, -0.15) is 15.1 Å². The van der Waals surface area contributed by atoms with Gasteiger partial charge in [0.15, 0.2) is 0 Å². The molecule has 1 aliphatic heterocycles. The summed E-state index contributed by atoms with van der Waals surface area (Å²) in [5.41, 5.74) is 14.5. The molecule has 2 aromatic heterocycles. The van der Waals surface area contributed by atoms with Crippen molar-refractivity contribution in [2.45, 2.75) is 5.25 Å². The van der Waals surface area contributed by atoms with Crippen molar-refractivity contribution in [1.29, 1.82) is 0 Å². The van der Waals surface area contributed by atoms with Crippen LogP contribution in [0.3, 0.4) is 0 Å². The molecule has 0 saturated heterocycles. The minimum atomic E-state index is 0.138. The Morgan fingerprint density at radius 1 is 1.07 bits per heavy atom.